The first-order chi connectivity index (χ1) is 9.74. The van der Waals surface area contributed by atoms with Gasteiger partial charge in [0.25, 0.3) is 0 Å². The van der Waals surface area contributed by atoms with Gasteiger partial charge in [0.1, 0.15) is 0 Å². The van der Waals surface area contributed by atoms with Crippen LogP contribution in [0.2, 0.25) is 0 Å². The lowest BCUT2D eigenvalue weighted by atomic mass is 9.74. The van der Waals surface area contributed by atoms with E-state index in [2.05, 4.69) is 12.4 Å². The van der Waals surface area contributed by atoms with E-state index >= 15 is 0 Å². The summed E-state index contributed by atoms with van der Waals surface area (Å²) in [7, 11) is 4.04. The predicted octanol–water partition coefficient (Wildman–Crippen LogP) is 3.27. The van der Waals surface area contributed by atoms with Crippen LogP contribution in [0.15, 0.2) is 0 Å². The van der Waals surface area contributed by atoms with Crippen LogP contribution in [0, 0.1) is 5.92 Å². The largest absolute Gasteiger partial charge is 0.377 e. The molecule has 0 amide bonds. The summed E-state index contributed by atoms with van der Waals surface area (Å²) in [4.78, 5) is 0. The molecule has 116 valence electrons. The van der Waals surface area contributed by atoms with Crippen molar-refractivity contribution in [1.82, 2.24) is 5.32 Å². The van der Waals surface area contributed by atoms with Gasteiger partial charge in [-0.05, 0) is 51.5 Å². The first-order valence-electron chi connectivity index (χ1n) is 8.60. The van der Waals surface area contributed by atoms with E-state index in [1.165, 1.54) is 64.2 Å². The third-order valence-corrected chi connectivity index (χ3v) is 6.25. The van der Waals surface area contributed by atoms with E-state index in [-0.39, 0.29) is 11.2 Å². The van der Waals surface area contributed by atoms with Crippen LogP contribution in [0.3, 0.4) is 0 Å². The van der Waals surface area contributed by atoms with E-state index in [4.69, 9.17) is 9.47 Å². The van der Waals surface area contributed by atoms with Gasteiger partial charge in [-0.25, -0.2) is 0 Å². The molecule has 0 aromatic rings. The lowest BCUT2D eigenvalue weighted by Crippen LogP contribution is -2.56. The molecule has 0 bridgehead atoms. The zero-order valence-corrected chi connectivity index (χ0v) is 13.2. The fraction of sp³-hybridized carbons (Fsp3) is 1.00. The van der Waals surface area contributed by atoms with Crippen LogP contribution in [0.25, 0.3) is 0 Å². The third-order valence-electron chi connectivity index (χ3n) is 6.25. The van der Waals surface area contributed by atoms with Crippen LogP contribution in [0.4, 0.5) is 0 Å². The minimum Gasteiger partial charge on any atom is -0.377 e. The smallest absolute Gasteiger partial charge is 0.0833 e. The minimum atomic E-state index is 0.0799. The van der Waals surface area contributed by atoms with E-state index in [0.717, 1.165) is 6.61 Å². The van der Waals surface area contributed by atoms with E-state index in [1.54, 1.807) is 0 Å². The average molecular weight is 281 g/mol. The van der Waals surface area contributed by atoms with Crippen molar-refractivity contribution in [3.05, 3.63) is 0 Å². The lowest BCUT2D eigenvalue weighted by molar-refractivity contribution is -0.122. The normalized spacial score (nSPS) is 33.6. The average Bonchev–Trinajstić information content (AvgIpc) is 3.11. The number of rotatable bonds is 4. The van der Waals surface area contributed by atoms with E-state index in [9.17, 15) is 0 Å². The number of hydrogen-bond donors (Lipinski definition) is 1. The molecule has 1 aliphatic heterocycles. The van der Waals surface area contributed by atoms with Gasteiger partial charge in [-0.15, -0.1) is 0 Å². The Morgan fingerprint density at radius 1 is 1.10 bits per heavy atom. The molecule has 2 atom stereocenters. The number of likely N-dealkylation sites (N-methyl/N-ethyl adjacent to an activating group) is 1. The Hall–Kier alpha value is -0.120. The molecular weight excluding hydrogens is 250 g/mol. The molecule has 3 heteroatoms. The Balaban J connectivity index is 1.75. The fourth-order valence-electron chi connectivity index (χ4n) is 5.26. The van der Waals surface area contributed by atoms with Crippen molar-refractivity contribution >= 4 is 0 Å². The van der Waals surface area contributed by atoms with Gasteiger partial charge in [-0.1, -0.05) is 25.7 Å². The van der Waals surface area contributed by atoms with Gasteiger partial charge >= 0.3 is 0 Å². The number of nitrogens with one attached hydrogen (secondary N) is 1. The Kier molecular flexibility index (Phi) is 4.40. The molecule has 2 unspecified atom stereocenters. The van der Waals surface area contributed by atoms with Crippen LogP contribution in [-0.4, -0.2) is 38.0 Å². The topological polar surface area (TPSA) is 30.5 Å². The predicted molar refractivity (Wildman–Crippen MR) is 80.9 cm³/mol. The van der Waals surface area contributed by atoms with Gasteiger partial charge in [-0.2, -0.15) is 0 Å². The van der Waals surface area contributed by atoms with Crippen molar-refractivity contribution in [1.29, 1.82) is 0 Å². The van der Waals surface area contributed by atoms with Gasteiger partial charge in [-0.3, -0.25) is 0 Å². The van der Waals surface area contributed by atoms with Crippen molar-refractivity contribution in [2.45, 2.75) is 81.5 Å². The molecule has 3 nitrogen and oxygen atoms in total. The fourth-order valence-corrected chi connectivity index (χ4v) is 5.26. The number of methoxy groups -OCH3 is 1. The quantitative estimate of drug-likeness (QED) is 0.858. The summed E-state index contributed by atoms with van der Waals surface area (Å²) in [5.41, 5.74) is 0.294. The zero-order valence-electron chi connectivity index (χ0n) is 13.2. The maximum Gasteiger partial charge on any atom is 0.0833 e. The van der Waals surface area contributed by atoms with Crippen LogP contribution < -0.4 is 5.32 Å². The Bertz CT molecular complexity index is 319. The van der Waals surface area contributed by atoms with Crippen LogP contribution in [-0.2, 0) is 9.47 Å². The van der Waals surface area contributed by atoms with Crippen molar-refractivity contribution < 1.29 is 9.47 Å². The Morgan fingerprint density at radius 3 is 2.35 bits per heavy atom. The van der Waals surface area contributed by atoms with Crippen LogP contribution >= 0.6 is 0 Å². The molecule has 0 radical (unpaired) electrons. The summed E-state index contributed by atoms with van der Waals surface area (Å²) in [5.74, 6) is 0.713. The molecule has 1 N–H and O–H groups in total. The van der Waals surface area contributed by atoms with E-state index in [0.29, 0.717) is 12.0 Å². The second kappa shape index (κ2) is 5.94. The van der Waals surface area contributed by atoms with Crippen molar-refractivity contribution in [2.75, 3.05) is 20.8 Å². The highest BCUT2D eigenvalue weighted by atomic mass is 16.5. The first-order valence-corrected chi connectivity index (χ1v) is 8.60. The summed E-state index contributed by atoms with van der Waals surface area (Å²) in [5, 5.41) is 3.63. The highest BCUT2D eigenvalue weighted by molar-refractivity contribution is 5.03. The summed E-state index contributed by atoms with van der Waals surface area (Å²) >= 11 is 0. The summed E-state index contributed by atoms with van der Waals surface area (Å²) in [6.07, 6.45) is 12.8. The van der Waals surface area contributed by atoms with Crippen molar-refractivity contribution in [3.63, 3.8) is 0 Å². The summed E-state index contributed by atoms with van der Waals surface area (Å²) in [6, 6.07) is 0.497. The highest BCUT2D eigenvalue weighted by Crippen LogP contribution is 2.46. The highest BCUT2D eigenvalue weighted by Gasteiger charge is 2.49. The Labute approximate surface area is 123 Å². The van der Waals surface area contributed by atoms with Crippen molar-refractivity contribution in [3.8, 4) is 0 Å². The minimum absolute atomic E-state index is 0.0799. The summed E-state index contributed by atoms with van der Waals surface area (Å²) < 4.78 is 12.3. The molecule has 0 aromatic carbocycles. The standard InChI is InChI=1S/C17H31NO2/c1-18-15(17(19-2)10-5-6-11-17)14-7-12-20-16(13-14)8-3-4-9-16/h14-15,18H,3-13H2,1-2H3. The molecule has 0 aromatic heterocycles. The van der Waals surface area contributed by atoms with E-state index < -0.39 is 0 Å². The van der Waals surface area contributed by atoms with Gasteiger partial charge in [0, 0.05) is 19.8 Å². The number of hydrogen-bond acceptors (Lipinski definition) is 3. The molecule has 1 spiro atoms. The monoisotopic (exact) mass is 281 g/mol. The molecule has 3 fully saturated rings. The van der Waals surface area contributed by atoms with Gasteiger partial charge in [0.2, 0.25) is 0 Å². The summed E-state index contributed by atoms with van der Waals surface area (Å²) in [6.45, 7) is 0.947. The maximum absolute atomic E-state index is 6.21. The molecule has 3 rings (SSSR count). The number of ether oxygens (including phenoxy) is 2. The third kappa shape index (κ3) is 2.53. The van der Waals surface area contributed by atoms with Gasteiger partial charge in [0.05, 0.1) is 11.2 Å². The molecular formula is C17H31NO2. The molecule has 20 heavy (non-hydrogen) atoms. The SMILES string of the molecule is CNC(C1CCOC2(CCCC2)C1)C1(OC)CCCC1. The first kappa shape index (κ1) is 14.8. The zero-order chi connectivity index (χ0) is 14.1. The molecule has 3 aliphatic rings. The maximum atomic E-state index is 6.21. The Morgan fingerprint density at radius 2 is 1.75 bits per heavy atom. The van der Waals surface area contributed by atoms with Crippen molar-refractivity contribution in [2.24, 2.45) is 5.92 Å². The van der Waals surface area contributed by atoms with Crippen LogP contribution in [0.1, 0.15) is 64.2 Å². The van der Waals surface area contributed by atoms with Crippen LogP contribution in [0.5, 0.6) is 0 Å². The molecule has 1 heterocycles. The molecule has 2 saturated carbocycles. The second-order valence-electron chi connectivity index (χ2n) is 7.23. The van der Waals surface area contributed by atoms with Gasteiger partial charge < -0.3 is 14.8 Å². The second-order valence-corrected chi connectivity index (χ2v) is 7.23. The lowest BCUT2D eigenvalue weighted by Gasteiger charge is -2.46. The van der Waals surface area contributed by atoms with E-state index in [1.807, 2.05) is 7.11 Å². The van der Waals surface area contributed by atoms with Gasteiger partial charge in [0.15, 0.2) is 0 Å². The molecule has 2 aliphatic carbocycles. The molecule has 1 saturated heterocycles.